The van der Waals surface area contributed by atoms with Crippen molar-refractivity contribution in [2.45, 2.75) is 10.8 Å². The van der Waals surface area contributed by atoms with Gasteiger partial charge in [-0.2, -0.15) is 0 Å². The zero-order valence-corrected chi connectivity index (χ0v) is 23.3. The van der Waals surface area contributed by atoms with Gasteiger partial charge in [0.1, 0.15) is 0 Å². The molecule has 198 valence electrons. The molecule has 0 radical (unpaired) electrons. The lowest BCUT2D eigenvalue weighted by atomic mass is 9.28. The highest BCUT2D eigenvalue weighted by Crippen LogP contribution is 2.84. The molecule has 2 aliphatic carbocycles. The van der Waals surface area contributed by atoms with Crippen molar-refractivity contribution in [3.63, 3.8) is 0 Å². The summed E-state index contributed by atoms with van der Waals surface area (Å²) >= 11 is 0. The lowest BCUT2D eigenvalue weighted by Crippen LogP contribution is -2.66. The number of hydrogen-bond acceptors (Lipinski definition) is 0. The second kappa shape index (κ2) is 9.72. The van der Waals surface area contributed by atoms with Gasteiger partial charge in [-0.25, -0.2) is 0 Å². The summed E-state index contributed by atoms with van der Waals surface area (Å²) in [6.07, 6.45) is 0. The highest BCUT2D eigenvalue weighted by Gasteiger charge is 2.76. The van der Waals surface area contributed by atoms with Gasteiger partial charge in [0.15, 0.2) is 0 Å². The van der Waals surface area contributed by atoms with Crippen molar-refractivity contribution in [3.8, 4) is 0 Å². The summed E-state index contributed by atoms with van der Waals surface area (Å²) in [4.78, 5) is 0. The molecule has 0 saturated carbocycles. The van der Waals surface area contributed by atoms with E-state index in [1.165, 1.54) is 55.7 Å². The van der Waals surface area contributed by atoms with Crippen molar-refractivity contribution in [2.24, 2.45) is 0 Å². The Labute approximate surface area is 248 Å². The molecular weight excluding hydrogens is 504 g/mol. The topological polar surface area (TPSA) is 0 Å². The van der Waals surface area contributed by atoms with Crippen molar-refractivity contribution < 1.29 is 0 Å². The summed E-state index contributed by atoms with van der Waals surface area (Å²) in [6.45, 7) is 0. The van der Waals surface area contributed by atoms with Crippen LogP contribution in [-0.2, 0) is 10.8 Å². The molecule has 0 heteroatoms. The van der Waals surface area contributed by atoms with Crippen LogP contribution in [0.2, 0.25) is 0 Å². The van der Waals surface area contributed by atoms with E-state index in [4.69, 9.17) is 0 Å². The maximum Gasteiger partial charge on any atom is 0.0648 e. The first kappa shape index (κ1) is 24.6. The summed E-state index contributed by atoms with van der Waals surface area (Å²) in [5.74, 6) is 0. The van der Waals surface area contributed by atoms with Crippen LogP contribution in [0.1, 0.15) is 33.4 Å². The fourth-order valence-electron chi connectivity index (χ4n) is 7.87. The Morgan fingerprint density at radius 1 is 0.214 bits per heavy atom. The standard InChI is InChI=1S/C42H30/c1-7-19-31(20-8-1)37-38(32-21-9-2-10-22-32)42(36-29-17-6-18-30-36)40(34-25-13-4-14-26-34)39(33-23-11-3-12-24-33)41(37,42)35-27-15-5-16-28-35/h1-30H. The first-order valence-corrected chi connectivity index (χ1v) is 14.7. The van der Waals surface area contributed by atoms with Gasteiger partial charge in [-0.15, -0.1) is 0 Å². The molecule has 2 aliphatic rings. The van der Waals surface area contributed by atoms with Crippen molar-refractivity contribution >= 4 is 22.3 Å². The van der Waals surface area contributed by atoms with Gasteiger partial charge < -0.3 is 0 Å². The average Bonchev–Trinajstić information content (AvgIpc) is 3.07. The van der Waals surface area contributed by atoms with Crippen LogP contribution in [0, 0.1) is 0 Å². The smallest absolute Gasteiger partial charge is 0.0622 e. The van der Waals surface area contributed by atoms with E-state index in [-0.39, 0.29) is 0 Å². The Balaban J connectivity index is 1.62. The first-order valence-electron chi connectivity index (χ1n) is 14.7. The Hall–Kier alpha value is -5.20. The van der Waals surface area contributed by atoms with Crippen molar-refractivity contribution in [3.05, 3.63) is 215 Å². The molecule has 0 aliphatic heterocycles. The van der Waals surface area contributed by atoms with E-state index in [2.05, 4.69) is 182 Å². The van der Waals surface area contributed by atoms with Gasteiger partial charge in [0.05, 0.1) is 10.8 Å². The Bertz CT molecular complexity index is 1670. The third-order valence-corrected chi connectivity index (χ3v) is 9.23. The summed E-state index contributed by atoms with van der Waals surface area (Å²) < 4.78 is 0. The molecule has 8 rings (SSSR count). The minimum Gasteiger partial charge on any atom is -0.0622 e. The summed E-state index contributed by atoms with van der Waals surface area (Å²) in [6, 6.07) is 66.7. The van der Waals surface area contributed by atoms with E-state index in [0.717, 1.165) is 0 Å². The molecule has 0 atom stereocenters. The molecule has 6 aromatic rings. The van der Waals surface area contributed by atoms with Gasteiger partial charge in [-0.05, 0) is 55.7 Å². The van der Waals surface area contributed by atoms with Gasteiger partial charge in [0.2, 0.25) is 0 Å². The molecule has 0 bridgehead atoms. The van der Waals surface area contributed by atoms with Crippen LogP contribution in [0.3, 0.4) is 0 Å². The minimum absolute atomic E-state index is 0.394. The highest BCUT2D eigenvalue weighted by molar-refractivity contribution is 6.33. The normalized spacial score (nSPS) is 20.9. The van der Waals surface area contributed by atoms with E-state index in [1.807, 2.05) is 0 Å². The van der Waals surface area contributed by atoms with E-state index in [1.54, 1.807) is 0 Å². The third kappa shape index (κ3) is 3.18. The molecule has 0 N–H and O–H groups in total. The van der Waals surface area contributed by atoms with Crippen molar-refractivity contribution in [1.29, 1.82) is 0 Å². The van der Waals surface area contributed by atoms with E-state index in [9.17, 15) is 0 Å². The van der Waals surface area contributed by atoms with Gasteiger partial charge in [-0.1, -0.05) is 182 Å². The van der Waals surface area contributed by atoms with Crippen LogP contribution in [0.5, 0.6) is 0 Å². The lowest BCUT2D eigenvalue weighted by molar-refractivity contribution is 0.457. The number of fused-ring (bicyclic) bond motifs is 1. The molecule has 42 heavy (non-hydrogen) atoms. The number of hydrogen-bond donors (Lipinski definition) is 0. The fourth-order valence-corrected chi connectivity index (χ4v) is 7.87. The number of rotatable bonds is 6. The highest BCUT2D eigenvalue weighted by atomic mass is 14.8. The van der Waals surface area contributed by atoms with Gasteiger partial charge in [0.25, 0.3) is 0 Å². The van der Waals surface area contributed by atoms with Crippen LogP contribution >= 0.6 is 0 Å². The van der Waals surface area contributed by atoms with E-state index < -0.39 is 10.8 Å². The number of allylic oxidation sites excluding steroid dienone is 4. The van der Waals surface area contributed by atoms with Crippen LogP contribution in [0.25, 0.3) is 22.3 Å². The van der Waals surface area contributed by atoms with Crippen LogP contribution in [-0.4, -0.2) is 0 Å². The zero-order chi connectivity index (χ0) is 28.0. The van der Waals surface area contributed by atoms with Gasteiger partial charge in [0, 0.05) is 0 Å². The summed E-state index contributed by atoms with van der Waals surface area (Å²) in [5, 5.41) is 0. The molecule has 0 saturated heterocycles. The Kier molecular flexibility index (Phi) is 5.69. The Morgan fingerprint density at radius 3 is 0.619 bits per heavy atom. The quantitative estimate of drug-likeness (QED) is 0.199. The molecule has 6 aromatic carbocycles. The monoisotopic (exact) mass is 534 g/mol. The molecule has 0 amide bonds. The van der Waals surface area contributed by atoms with Gasteiger partial charge in [-0.3, -0.25) is 0 Å². The van der Waals surface area contributed by atoms with Crippen molar-refractivity contribution in [2.75, 3.05) is 0 Å². The molecular formula is C42H30. The third-order valence-electron chi connectivity index (χ3n) is 9.23. The lowest BCUT2D eigenvalue weighted by Gasteiger charge is -2.72. The molecule has 0 unspecified atom stereocenters. The SMILES string of the molecule is c1ccc(C2=C(c3ccccc3)C3(c4ccccc4)C(c4ccccc4)=C(c4ccccc4)C23c2ccccc2)cc1. The largest absolute Gasteiger partial charge is 0.0648 e. The Morgan fingerprint density at radius 2 is 0.405 bits per heavy atom. The summed E-state index contributed by atoms with van der Waals surface area (Å²) in [7, 11) is 0. The number of benzene rings is 6. The average molecular weight is 535 g/mol. The summed E-state index contributed by atoms with van der Waals surface area (Å²) in [5.41, 5.74) is 12.5. The van der Waals surface area contributed by atoms with Crippen LogP contribution in [0.15, 0.2) is 182 Å². The fraction of sp³-hybridized carbons (Fsp3) is 0.0476. The van der Waals surface area contributed by atoms with Crippen molar-refractivity contribution in [1.82, 2.24) is 0 Å². The van der Waals surface area contributed by atoms with Gasteiger partial charge >= 0.3 is 0 Å². The molecule has 0 heterocycles. The molecule has 0 aromatic heterocycles. The maximum atomic E-state index is 2.34. The predicted octanol–water partition coefficient (Wildman–Crippen LogP) is 10.1. The maximum absolute atomic E-state index is 2.34. The minimum atomic E-state index is -0.394. The van der Waals surface area contributed by atoms with Crippen LogP contribution in [0.4, 0.5) is 0 Å². The first-order chi connectivity index (χ1) is 20.9. The second-order valence-electron chi connectivity index (χ2n) is 11.2. The molecule has 0 fully saturated rings. The zero-order valence-electron chi connectivity index (χ0n) is 23.3. The van der Waals surface area contributed by atoms with Crippen LogP contribution < -0.4 is 0 Å². The molecule has 0 spiro atoms. The second-order valence-corrected chi connectivity index (χ2v) is 11.2. The predicted molar refractivity (Wildman–Crippen MR) is 176 cm³/mol. The van der Waals surface area contributed by atoms with E-state index >= 15 is 0 Å². The molecule has 0 nitrogen and oxygen atoms in total. The van der Waals surface area contributed by atoms with E-state index in [0.29, 0.717) is 0 Å².